The molecule has 1 aliphatic rings. The first kappa shape index (κ1) is 9.44. The van der Waals surface area contributed by atoms with Crippen LogP contribution in [0.25, 0.3) is 0 Å². The van der Waals surface area contributed by atoms with Crippen LogP contribution in [0.4, 0.5) is 5.82 Å². The van der Waals surface area contributed by atoms with E-state index in [0.29, 0.717) is 6.04 Å². The minimum Gasteiger partial charge on any atom is -0.366 e. The lowest BCUT2D eigenvalue weighted by Crippen LogP contribution is -2.24. The van der Waals surface area contributed by atoms with Crippen molar-refractivity contribution in [2.24, 2.45) is 11.8 Å². The molecule has 0 aromatic carbocycles. The predicted molar refractivity (Wildman–Crippen MR) is 57.0 cm³/mol. The van der Waals surface area contributed by atoms with Crippen molar-refractivity contribution >= 4 is 5.82 Å². The molecule has 1 fully saturated rings. The molecule has 3 atom stereocenters. The molecular weight excluding hydrogens is 174 g/mol. The highest BCUT2D eigenvalue weighted by Gasteiger charge is 2.29. The van der Waals surface area contributed by atoms with E-state index in [0.717, 1.165) is 17.7 Å². The van der Waals surface area contributed by atoms with E-state index in [1.165, 1.54) is 12.8 Å². The van der Waals surface area contributed by atoms with Crippen LogP contribution in [0.2, 0.25) is 0 Å². The summed E-state index contributed by atoms with van der Waals surface area (Å²) in [5.74, 6) is 2.46. The molecule has 3 heteroatoms. The first-order valence-corrected chi connectivity index (χ1v) is 5.30. The molecule has 1 saturated carbocycles. The highest BCUT2D eigenvalue weighted by atomic mass is 15.0. The Hall–Kier alpha value is -1.12. The monoisotopic (exact) mass is 191 g/mol. The van der Waals surface area contributed by atoms with E-state index in [9.17, 15) is 0 Å². The number of nitrogens with zero attached hydrogens (tertiary/aromatic N) is 2. The molecule has 0 bridgehead atoms. The summed E-state index contributed by atoms with van der Waals surface area (Å²) in [6.45, 7) is 4.63. The van der Waals surface area contributed by atoms with Gasteiger partial charge in [0.25, 0.3) is 0 Å². The Balaban J connectivity index is 1.99. The van der Waals surface area contributed by atoms with E-state index in [-0.39, 0.29) is 0 Å². The average molecular weight is 191 g/mol. The third kappa shape index (κ3) is 1.86. The smallest absolute Gasteiger partial charge is 0.144 e. The highest BCUT2D eigenvalue weighted by molar-refractivity contribution is 5.32. The number of rotatable bonds is 2. The fourth-order valence-electron chi connectivity index (χ4n) is 2.13. The summed E-state index contributed by atoms with van der Waals surface area (Å²) in [6, 6.07) is 0.571. The van der Waals surface area contributed by atoms with Gasteiger partial charge in [-0.05, 0) is 24.7 Å². The average Bonchev–Trinajstić information content (AvgIpc) is 2.52. The van der Waals surface area contributed by atoms with Crippen LogP contribution in [0.1, 0.15) is 26.7 Å². The van der Waals surface area contributed by atoms with Gasteiger partial charge in [-0.3, -0.25) is 4.98 Å². The lowest BCUT2D eigenvalue weighted by atomic mass is 9.98. The van der Waals surface area contributed by atoms with Gasteiger partial charge >= 0.3 is 0 Å². The third-order valence-electron chi connectivity index (χ3n) is 3.36. The van der Waals surface area contributed by atoms with E-state index in [2.05, 4.69) is 29.1 Å². The molecular formula is C11H17N3. The SMILES string of the molecule is CC1CCC(Nc2cnccn2)C1C. The summed E-state index contributed by atoms with van der Waals surface area (Å²) in [4.78, 5) is 8.27. The van der Waals surface area contributed by atoms with E-state index in [4.69, 9.17) is 0 Å². The number of aromatic nitrogens is 2. The second-order valence-electron chi connectivity index (χ2n) is 4.26. The predicted octanol–water partition coefficient (Wildman–Crippen LogP) is 2.32. The van der Waals surface area contributed by atoms with Crippen LogP contribution in [0.5, 0.6) is 0 Å². The molecule has 0 aliphatic heterocycles. The van der Waals surface area contributed by atoms with Crippen molar-refractivity contribution in [2.75, 3.05) is 5.32 Å². The Morgan fingerprint density at radius 1 is 1.29 bits per heavy atom. The molecule has 0 radical (unpaired) electrons. The molecule has 1 heterocycles. The molecule has 3 nitrogen and oxygen atoms in total. The van der Waals surface area contributed by atoms with Gasteiger partial charge in [-0.1, -0.05) is 13.8 Å². The van der Waals surface area contributed by atoms with Gasteiger partial charge in [0.2, 0.25) is 0 Å². The van der Waals surface area contributed by atoms with E-state index < -0.39 is 0 Å². The number of anilines is 1. The molecule has 0 amide bonds. The first-order valence-electron chi connectivity index (χ1n) is 5.30. The van der Waals surface area contributed by atoms with Crippen LogP contribution < -0.4 is 5.32 Å². The van der Waals surface area contributed by atoms with E-state index in [1.54, 1.807) is 18.6 Å². The van der Waals surface area contributed by atoms with Crippen molar-refractivity contribution in [3.63, 3.8) is 0 Å². The maximum absolute atomic E-state index is 4.23. The molecule has 3 unspecified atom stereocenters. The van der Waals surface area contributed by atoms with Gasteiger partial charge in [0.05, 0.1) is 6.20 Å². The normalized spacial score (nSPS) is 31.7. The fourth-order valence-corrected chi connectivity index (χ4v) is 2.13. The molecule has 0 spiro atoms. The summed E-state index contributed by atoms with van der Waals surface area (Å²) in [5, 5.41) is 3.45. The van der Waals surface area contributed by atoms with Crippen molar-refractivity contribution in [1.82, 2.24) is 9.97 Å². The van der Waals surface area contributed by atoms with Crippen molar-refractivity contribution < 1.29 is 0 Å². The van der Waals surface area contributed by atoms with Gasteiger partial charge < -0.3 is 5.32 Å². The largest absolute Gasteiger partial charge is 0.366 e. The van der Waals surface area contributed by atoms with Crippen molar-refractivity contribution in [3.05, 3.63) is 18.6 Å². The van der Waals surface area contributed by atoms with E-state index >= 15 is 0 Å². The third-order valence-corrected chi connectivity index (χ3v) is 3.36. The van der Waals surface area contributed by atoms with Crippen LogP contribution >= 0.6 is 0 Å². The topological polar surface area (TPSA) is 37.8 Å². The molecule has 0 saturated heterocycles. The van der Waals surface area contributed by atoms with Crippen molar-refractivity contribution in [3.8, 4) is 0 Å². The van der Waals surface area contributed by atoms with Gasteiger partial charge in [-0.25, -0.2) is 4.98 Å². The van der Waals surface area contributed by atoms with Crippen LogP contribution in [0.15, 0.2) is 18.6 Å². The van der Waals surface area contributed by atoms with Gasteiger partial charge in [-0.15, -0.1) is 0 Å². The molecule has 1 aromatic rings. The summed E-state index contributed by atoms with van der Waals surface area (Å²) in [6.07, 6.45) is 7.78. The van der Waals surface area contributed by atoms with Crippen molar-refractivity contribution in [1.29, 1.82) is 0 Å². The number of hydrogen-bond acceptors (Lipinski definition) is 3. The Labute approximate surface area is 85.0 Å². The lowest BCUT2D eigenvalue weighted by Gasteiger charge is -2.19. The standard InChI is InChI=1S/C11H17N3/c1-8-3-4-10(9(8)2)14-11-7-12-5-6-13-11/h5-10H,3-4H2,1-2H3,(H,13,14). The molecule has 1 aromatic heterocycles. The van der Waals surface area contributed by atoms with Gasteiger partial charge in [-0.2, -0.15) is 0 Å². The van der Waals surface area contributed by atoms with Crippen LogP contribution in [-0.2, 0) is 0 Å². The molecule has 14 heavy (non-hydrogen) atoms. The van der Waals surface area contributed by atoms with Crippen LogP contribution in [0.3, 0.4) is 0 Å². The minimum absolute atomic E-state index is 0.571. The molecule has 1 aliphatic carbocycles. The van der Waals surface area contributed by atoms with Gasteiger partial charge in [0.15, 0.2) is 0 Å². The number of hydrogen-bond donors (Lipinski definition) is 1. The summed E-state index contributed by atoms with van der Waals surface area (Å²) in [7, 11) is 0. The highest BCUT2D eigenvalue weighted by Crippen LogP contribution is 2.32. The van der Waals surface area contributed by atoms with Crippen LogP contribution in [0, 0.1) is 11.8 Å². The summed E-state index contributed by atoms with van der Waals surface area (Å²) < 4.78 is 0. The zero-order valence-corrected chi connectivity index (χ0v) is 8.77. The van der Waals surface area contributed by atoms with Gasteiger partial charge in [0, 0.05) is 18.4 Å². The first-order chi connectivity index (χ1) is 6.77. The Kier molecular flexibility index (Phi) is 2.66. The quantitative estimate of drug-likeness (QED) is 0.779. The maximum Gasteiger partial charge on any atom is 0.144 e. The zero-order valence-electron chi connectivity index (χ0n) is 8.77. The zero-order chi connectivity index (χ0) is 9.97. The molecule has 1 N–H and O–H groups in total. The second kappa shape index (κ2) is 3.95. The van der Waals surface area contributed by atoms with E-state index in [1.807, 2.05) is 0 Å². The van der Waals surface area contributed by atoms with Gasteiger partial charge in [0.1, 0.15) is 5.82 Å². The second-order valence-corrected chi connectivity index (χ2v) is 4.26. The summed E-state index contributed by atoms with van der Waals surface area (Å²) >= 11 is 0. The molecule has 76 valence electrons. The van der Waals surface area contributed by atoms with Crippen molar-refractivity contribution in [2.45, 2.75) is 32.7 Å². The molecule has 2 rings (SSSR count). The maximum atomic E-state index is 4.23. The fraction of sp³-hybridized carbons (Fsp3) is 0.636. The summed E-state index contributed by atoms with van der Waals surface area (Å²) in [5.41, 5.74) is 0. The van der Waals surface area contributed by atoms with Crippen LogP contribution in [-0.4, -0.2) is 16.0 Å². The number of nitrogens with one attached hydrogen (secondary N) is 1. The Morgan fingerprint density at radius 2 is 2.14 bits per heavy atom. The minimum atomic E-state index is 0.571. The Morgan fingerprint density at radius 3 is 2.71 bits per heavy atom. The lowest BCUT2D eigenvalue weighted by molar-refractivity contribution is 0.435. The Bertz CT molecular complexity index is 286.